The molecule has 3 fully saturated rings. The van der Waals surface area contributed by atoms with Gasteiger partial charge >= 0.3 is 0 Å². The Morgan fingerprint density at radius 2 is 2.18 bits per heavy atom. The van der Waals surface area contributed by atoms with Gasteiger partial charge in [0.05, 0.1) is 12.5 Å². The number of ether oxygens (including phenoxy) is 1. The SMILES string of the molecule is CN(C)CCN1CC(C(=O)N2CC3(CCCOC3)C2)CC1=O. The minimum Gasteiger partial charge on any atom is -0.381 e. The summed E-state index contributed by atoms with van der Waals surface area (Å²) >= 11 is 0. The molecule has 0 aliphatic carbocycles. The summed E-state index contributed by atoms with van der Waals surface area (Å²) in [6.45, 7) is 5.42. The fourth-order valence-corrected chi connectivity index (χ4v) is 3.81. The Balaban J connectivity index is 1.48. The highest BCUT2D eigenvalue weighted by molar-refractivity contribution is 5.89. The molecule has 22 heavy (non-hydrogen) atoms. The fraction of sp³-hybridized carbons (Fsp3) is 0.875. The van der Waals surface area contributed by atoms with Crippen LogP contribution in [-0.2, 0) is 14.3 Å². The lowest BCUT2D eigenvalue weighted by Crippen LogP contribution is -2.62. The van der Waals surface area contributed by atoms with E-state index < -0.39 is 0 Å². The molecule has 0 aromatic rings. The molecule has 2 amide bonds. The van der Waals surface area contributed by atoms with E-state index in [4.69, 9.17) is 4.74 Å². The van der Waals surface area contributed by atoms with Gasteiger partial charge in [-0.25, -0.2) is 0 Å². The molecule has 3 saturated heterocycles. The number of amides is 2. The monoisotopic (exact) mass is 309 g/mol. The minimum absolute atomic E-state index is 0.122. The lowest BCUT2D eigenvalue weighted by Gasteiger charge is -2.52. The zero-order valence-electron chi connectivity index (χ0n) is 13.7. The van der Waals surface area contributed by atoms with Crippen LogP contribution in [0.1, 0.15) is 19.3 Å². The molecule has 1 atom stereocenters. The van der Waals surface area contributed by atoms with Crippen LogP contribution in [0.25, 0.3) is 0 Å². The standard InChI is InChI=1S/C16H27N3O3/c1-17(2)5-6-18-9-13(8-14(18)20)15(21)19-10-16(11-19)4-3-7-22-12-16/h13H,3-12H2,1-2H3. The van der Waals surface area contributed by atoms with Crippen LogP contribution in [0.5, 0.6) is 0 Å². The summed E-state index contributed by atoms with van der Waals surface area (Å²) in [5.41, 5.74) is 0.209. The molecule has 3 heterocycles. The normalized spacial score (nSPS) is 27.6. The zero-order chi connectivity index (χ0) is 15.7. The number of likely N-dealkylation sites (N-methyl/N-ethyl adjacent to an activating group) is 1. The molecule has 0 bridgehead atoms. The third-order valence-electron chi connectivity index (χ3n) is 5.15. The van der Waals surface area contributed by atoms with Crippen LogP contribution in [0, 0.1) is 11.3 Å². The number of carbonyl (C=O) groups excluding carboxylic acids is 2. The van der Waals surface area contributed by atoms with Crippen LogP contribution in [0.15, 0.2) is 0 Å². The van der Waals surface area contributed by atoms with Gasteiger partial charge in [-0.3, -0.25) is 9.59 Å². The maximum atomic E-state index is 12.6. The molecule has 3 aliphatic rings. The summed E-state index contributed by atoms with van der Waals surface area (Å²) in [5.74, 6) is 0.143. The smallest absolute Gasteiger partial charge is 0.228 e. The Morgan fingerprint density at radius 1 is 1.41 bits per heavy atom. The van der Waals surface area contributed by atoms with Crippen LogP contribution in [0.3, 0.4) is 0 Å². The van der Waals surface area contributed by atoms with Gasteiger partial charge in [0, 0.05) is 51.2 Å². The molecule has 0 aromatic heterocycles. The van der Waals surface area contributed by atoms with Gasteiger partial charge < -0.3 is 19.4 Å². The quantitative estimate of drug-likeness (QED) is 0.735. The second kappa shape index (κ2) is 6.16. The molecule has 3 rings (SSSR count). The third-order valence-corrected chi connectivity index (χ3v) is 5.15. The van der Waals surface area contributed by atoms with E-state index in [1.54, 1.807) is 0 Å². The molecule has 6 nitrogen and oxygen atoms in total. The van der Waals surface area contributed by atoms with Gasteiger partial charge in [-0.15, -0.1) is 0 Å². The molecule has 0 N–H and O–H groups in total. The van der Waals surface area contributed by atoms with Crippen molar-refractivity contribution >= 4 is 11.8 Å². The van der Waals surface area contributed by atoms with E-state index >= 15 is 0 Å². The first-order valence-electron chi connectivity index (χ1n) is 8.28. The predicted molar refractivity (Wildman–Crippen MR) is 82.3 cm³/mol. The van der Waals surface area contributed by atoms with Gasteiger partial charge in [-0.1, -0.05) is 0 Å². The highest BCUT2D eigenvalue weighted by Crippen LogP contribution is 2.39. The van der Waals surface area contributed by atoms with Crippen molar-refractivity contribution in [2.24, 2.45) is 11.3 Å². The van der Waals surface area contributed by atoms with Crippen molar-refractivity contribution in [3.8, 4) is 0 Å². The van der Waals surface area contributed by atoms with Crippen molar-refractivity contribution in [2.75, 3.05) is 60.0 Å². The average Bonchev–Trinajstić information content (AvgIpc) is 2.84. The van der Waals surface area contributed by atoms with Gasteiger partial charge in [0.2, 0.25) is 11.8 Å². The van der Waals surface area contributed by atoms with Gasteiger partial charge in [-0.2, -0.15) is 0 Å². The second-order valence-corrected chi connectivity index (χ2v) is 7.39. The maximum absolute atomic E-state index is 12.6. The van der Waals surface area contributed by atoms with E-state index in [1.807, 2.05) is 23.9 Å². The second-order valence-electron chi connectivity index (χ2n) is 7.39. The summed E-state index contributed by atoms with van der Waals surface area (Å²) in [5, 5.41) is 0. The Hall–Kier alpha value is -1.14. The van der Waals surface area contributed by atoms with E-state index in [0.717, 1.165) is 45.7 Å². The van der Waals surface area contributed by atoms with E-state index in [9.17, 15) is 9.59 Å². The molecule has 1 unspecified atom stereocenters. The van der Waals surface area contributed by atoms with E-state index in [-0.39, 0.29) is 23.1 Å². The highest BCUT2D eigenvalue weighted by atomic mass is 16.5. The molecule has 124 valence electrons. The number of carbonyl (C=O) groups is 2. The van der Waals surface area contributed by atoms with E-state index in [0.29, 0.717) is 19.5 Å². The number of hydrogen-bond acceptors (Lipinski definition) is 4. The Labute approximate surface area is 132 Å². The highest BCUT2D eigenvalue weighted by Gasteiger charge is 2.48. The van der Waals surface area contributed by atoms with Gasteiger partial charge in [0.15, 0.2) is 0 Å². The maximum Gasteiger partial charge on any atom is 0.228 e. The van der Waals surface area contributed by atoms with E-state index in [2.05, 4.69) is 4.90 Å². The predicted octanol–water partition coefficient (Wildman–Crippen LogP) is 0.0355. The average molecular weight is 309 g/mol. The molecule has 0 aromatic carbocycles. The molecular formula is C16H27N3O3. The molecule has 1 spiro atoms. The summed E-state index contributed by atoms with van der Waals surface area (Å²) in [7, 11) is 3.99. The Kier molecular flexibility index (Phi) is 4.41. The van der Waals surface area contributed by atoms with Crippen molar-refractivity contribution in [3.63, 3.8) is 0 Å². The summed E-state index contributed by atoms with van der Waals surface area (Å²) in [6.07, 6.45) is 2.64. The largest absolute Gasteiger partial charge is 0.381 e. The number of nitrogens with zero attached hydrogens (tertiary/aromatic N) is 3. The van der Waals surface area contributed by atoms with Crippen molar-refractivity contribution in [1.82, 2.24) is 14.7 Å². The van der Waals surface area contributed by atoms with Crippen LogP contribution in [0.2, 0.25) is 0 Å². The fourth-order valence-electron chi connectivity index (χ4n) is 3.81. The van der Waals surface area contributed by atoms with Crippen molar-refractivity contribution in [1.29, 1.82) is 0 Å². The van der Waals surface area contributed by atoms with Crippen LogP contribution >= 0.6 is 0 Å². The minimum atomic E-state index is -0.142. The number of hydrogen-bond donors (Lipinski definition) is 0. The van der Waals surface area contributed by atoms with Crippen molar-refractivity contribution < 1.29 is 14.3 Å². The zero-order valence-corrected chi connectivity index (χ0v) is 13.7. The number of likely N-dealkylation sites (tertiary alicyclic amines) is 2. The molecular weight excluding hydrogens is 282 g/mol. The van der Waals surface area contributed by atoms with Gasteiger partial charge in [-0.05, 0) is 26.9 Å². The van der Waals surface area contributed by atoms with E-state index in [1.165, 1.54) is 0 Å². The van der Waals surface area contributed by atoms with Gasteiger partial charge in [0.25, 0.3) is 0 Å². The topological polar surface area (TPSA) is 53.1 Å². The summed E-state index contributed by atoms with van der Waals surface area (Å²) < 4.78 is 5.56. The molecule has 6 heteroatoms. The lowest BCUT2D eigenvalue weighted by molar-refractivity contribution is -0.157. The molecule has 0 radical (unpaired) electrons. The first-order valence-corrected chi connectivity index (χ1v) is 8.28. The van der Waals surface area contributed by atoms with Crippen LogP contribution in [-0.4, -0.2) is 86.5 Å². The summed E-state index contributed by atoms with van der Waals surface area (Å²) in [6, 6.07) is 0. The first kappa shape index (κ1) is 15.7. The van der Waals surface area contributed by atoms with Crippen molar-refractivity contribution in [3.05, 3.63) is 0 Å². The van der Waals surface area contributed by atoms with Crippen LogP contribution in [0.4, 0.5) is 0 Å². The molecule has 0 saturated carbocycles. The molecule has 3 aliphatic heterocycles. The van der Waals surface area contributed by atoms with Gasteiger partial charge in [0.1, 0.15) is 0 Å². The Bertz CT molecular complexity index is 438. The van der Waals surface area contributed by atoms with Crippen molar-refractivity contribution in [2.45, 2.75) is 19.3 Å². The lowest BCUT2D eigenvalue weighted by atomic mass is 9.75. The van der Waals surface area contributed by atoms with Crippen LogP contribution < -0.4 is 0 Å². The first-order chi connectivity index (χ1) is 10.5. The Morgan fingerprint density at radius 3 is 2.82 bits per heavy atom. The summed E-state index contributed by atoms with van der Waals surface area (Å²) in [4.78, 5) is 30.4. The third kappa shape index (κ3) is 3.13. The number of rotatable bonds is 4.